The Bertz CT molecular complexity index is 632. The number of piperazine rings is 1. The molecule has 2 aliphatic heterocycles. The van der Waals surface area contributed by atoms with Gasteiger partial charge in [0.2, 0.25) is 5.91 Å². The van der Waals surface area contributed by atoms with Gasteiger partial charge in [0.15, 0.2) is 0 Å². The zero-order chi connectivity index (χ0) is 16.4. The lowest BCUT2D eigenvalue weighted by Gasteiger charge is -2.41. The molecule has 9 heteroatoms. The Labute approximate surface area is 137 Å². The summed E-state index contributed by atoms with van der Waals surface area (Å²) in [5.74, 6) is -0.122. The van der Waals surface area contributed by atoms with Crippen LogP contribution < -0.4 is 5.32 Å². The van der Waals surface area contributed by atoms with Gasteiger partial charge in [-0.1, -0.05) is 11.3 Å². The minimum absolute atomic E-state index is 0.0285. The fraction of sp³-hybridized carbons (Fsp3) is 0.571. The molecule has 0 spiro atoms. The Morgan fingerprint density at radius 2 is 2.26 bits per heavy atom. The van der Waals surface area contributed by atoms with Gasteiger partial charge in [-0.25, -0.2) is 0 Å². The van der Waals surface area contributed by atoms with Crippen molar-refractivity contribution in [2.24, 2.45) is 0 Å². The van der Waals surface area contributed by atoms with E-state index in [4.69, 9.17) is 0 Å². The van der Waals surface area contributed by atoms with Crippen molar-refractivity contribution in [2.45, 2.75) is 18.9 Å². The first kappa shape index (κ1) is 15.9. The highest BCUT2D eigenvalue weighted by Crippen LogP contribution is 2.25. The summed E-state index contributed by atoms with van der Waals surface area (Å²) >= 11 is 0.960. The van der Waals surface area contributed by atoms with Crippen molar-refractivity contribution in [3.63, 3.8) is 0 Å². The summed E-state index contributed by atoms with van der Waals surface area (Å²) in [6.07, 6.45) is 1.72. The predicted molar refractivity (Wildman–Crippen MR) is 84.5 cm³/mol. The molecular weight excluding hydrogens is 320 g/mol. The van der Waals surface area contributed by atoms with Gasteiger partial charge >= 0.3 is 5.00 Å². The van der Waals surface area contributed by atoms with Crippen molar-refractivity contribution in [3.05, 3.63) is 27.1 Å². The number of amides is 2. The van der Waals surface area contributed by atoms with Gasteiger partial charge in [0.05, 0.1) is 17.0 Å². The molecule has 3 rings (SSSR count). The number of piperidine rings is 1. The molecule has 1 N–H and O–H groups in total. The Morgan fingerprint density at radius 3 is 2.96 bits per heavy atom. The molecule has 0 bridgehead atoms. The molecule has 1 unspecified atom stereocenters. The van der Waals surface area contributed by atoms with Gasteiger partial charge in [-0.15, -0.1) is 0 Å². The molecule has 2 fully saturated rings. The van der Waals surface area contributed by atoms with Gasteiger partial charge in [-0.05, 0) is 12.8 Å². The molecule has 3 heterocycles. The topological polar surface area (TPSA) is 95.8 Å². The van der Waals surface area contributed by atoms with Crippen molar-refractivity contribution in [3.8, 4) is 0 Å². The molecule has 23 heavy (non-hydrogen) atoms. The first-order valence-corrected chi connectivity index (χ1v) is 8.46. The average molecular weight is 338 g/mol. The summed E-state index contributed by atoms with van der Waals surface area (Å²) in [4.78, 5) is 38.4. The number of likely N-dealkylation sites (tertiary alicyclic amines) is 1. The summed E-state index contributed by atoms with van der Waals surface area (Å²) < 4.78 is 0. The van der Waals surface area contributed by atoms with E-state index < -0.39 is 4.92 Å². The molecule has 0 saturated carbocycles. The Balaban J connectivity index is 1.68. The fourth-order valence-corrected chi connectivity index (χ4v) is 3.81. The molecule has 2 saturated heterocycles. The van der Waals surface area contributed by atoms with Crippen molar-refractivity contribution in [1.82, 2.24) is 15.1 Å². The standard InChI is InChI=1S/C14H18N4O4S/c19-12-7-15-3-5-17(12)11-2-1-4-16(8-11)14(20)10-6-13(18(21)22)23-9-10/h6,9,11,15H,1-5,7-8H2. The van der Waals surface area contributed by atoms with Crippen molar-refractivity contribution >= 4 is 28.2 Å². The molecule has 0 radical (unpaired) electrons. The van der Waals surface area contributed by atoms with E-state index in [0.29, 0.717) is 31.7 Å². The van der Waals surface area contributed by atoms with E-state index in [1.54, 1.807) is 4.90 Å². The SMILES string of the molecule is O=C(c1csc([N+](=O)[O-])c1)N1CCCC(N2CCNCC2=O)C1. The van der Waals surface area contributed by atoms with Gasteiger partial charge in [0.1, 0.15) is 0 Å². The third kappa shape index (κ3) is 3.35. The van der Waals surface area contributed by atoms with Crippen molar-refractivity contribution in [2.75, 3.05) is 32.7 Å². The lowest BCUT2D eigenvalue weighted by Crippen LogP contribution is -2.57. The van der Waals surface area contributed by atoms with Gasteiger partial charge in [0, 0.05) is 43.7 Å². The number of thiophene rings is 1. The molecule has 2 amide bonds. The van der Waals surface area contributed by atoms with Gasteiger partial charge in [-0.2, -0.15) is 0 Å². The van der Waals surface area contributed by atoms with Crippen LogP contribution in [0.2, 0.25) is 0 Å². The summed E-state index contributed by atoms with van der Waals surface area (Å²) in [6, 6.07) is 1.36. The van der Waals surface area contributed by atoms with E-state index in [1.165, 1.54) is 11.4 Å². The lowest BCUT2D eigenvalue weighted by atomic mass is 10.0. The number of nitro groups is 1. The molecule has 0 aromatic carbocycles. The van der Waals surface area contributed by atoms with E-state index in [0.717, 1.165) is 30.7 Å². The van der Waals surface area contributed by atoms with Gasteiger partial charge in [0.25, 0.3) is 5.91 Å². The maximum Gasteiger partial charge on any atom is 0.324 e. The van der Waals surface area contributed by atoms with Crippen molar-refractivity contribution in [1.29, 1.82) is 0 Å². The van der Waals surface area contributed by atoms with Crippen LogP contribution in [0.5, 0.6) is 0 Å². The van der Waals surface area contributed by atoms with Crippen LogP contribution in [0, 0.1) is 10.1 Å². The fourth-order valence-electron chi connectivity index (χ4n) is 3.12. The number of nitrogens with zero attached hydrogens (tertiary/aromatic N) is 3. The highest BCUT2D eigenvalue weighted by atomic mass is 32.1. The molecule has 1 atom stereocenters. The maximum absolute atomic E-state index is 12.5. The van der Waals surface area contributed by atoms with Crippen LogP contribution in [-0.2, 0) is 4.79 Å². The van der Waals surface area contributed by atoms with E-state index in [-0.39, 0.29) is 22.9 Å². The number of hydrogen-bond donors (Lipinski definition) is 1. The summed E-state index contributed by atoms with van der Waals surface area (Å²) in [5, 5.41) is 15.3. The molecule has 1 aromatic heterocycles. The minimum atomic E-state index is -0.486. The van der Waals surface area contributed by atoms with Crippen LogP contribution in [0.1, 0.15) is 23.2 Å². The summed E-state index contributed by atoms with van der Waals surface area (Å²) in [7, 11) is 0. The summed E-state index contributed by atoms with van der Waals surface area (Å²) in [6.45, 7) is 2.90. The Hall–Kier alpha value is -2.00. The number of carbonyl (C=O) groups excluding carboxylic acids is 2. The molecule has 124 valence electrons. The van der Waals surface area contributed by atoms with E-state index in [1.807, 2.05) is 4.90 Å². The van der Waals surface area contributed by atoms with Crippen LogP contribution in [0.4, 0.5) is 5.00 Å². The quantitative estimate of drug-likeness (QED) is 0.646. The van der Waals surface area contributed by atoms with E-state index in [9.17, 15) is 19.7 Å². The highest BCUT2D eigenvalue weighted by molar-refractivity contribution is 7.13. The highest BCUT2D eigenvalue weighted by Gasteiger charge is 2.32. The van der Waals surface area contributed by atoms with Gasteiger partial charge in [-0.3, -0.25) is 19.7 Å². The Morgan fingerprint density at radius 1 is 1.43 bits per heavy atom. The second-order valence-electron chi connectivity index (χ2n) is 5.74. The zero-order valence-electron chi connectivity index (χ0n) is 12.6. The molecular formula is C14H18N4O4S. The normalized spacial score (nSPS) is 22.3. The minimum Gasteiger partial charge on any atom is -0.337 e. The van der Waals surface area contributed by atoms with Crippen LogP contribution in [0.15, 0.2) is 11.4 Å². The first-order valence-electron chi connectivity index (χ1n) is 7.58. The van der Waals surface area contributed by atoms with Crippen molar-refractivity contribution < 1.29 is 14.5 Å². The second-order valence-corrected chi connectivity index (χ2v) is 6.63. The lowest BCUT2D eigenvalue weighted by molar-refractivity contribution is -0.380. The molecule has 0 aliphatic carbocycles. The number of nitrogens with one attached hydrogen (secondary N) is 1. The Kier molecular flexibility index (Phi) is 4.58. The van der Waals surface area contributed by atoms with Crippen LogP contribution >= 0.6 is 11.3 Å². The molecule has 2 aliphatic rings. The van der Waals surface area contributed by atoms with E-state index >= 15 is 0 Å². The summed E-state index contributed by atoms with van der Waals surface area (Å²) in [5.41, 5.74) is 0.356. The number of carbonyl (C=O) groups is 2. The largest absolute Gasteiger partial charge is 0.337 e. The van der Waals surface area contributed by atoms with Crippen LogP contribution in [-0.4, -0.2) is 65.3 Å². The monoisotopic (exact) mass is 338 g/mol. The third-order valence-electron chi connectivity index (χ3n) is 4.26. The smallest absolute Gasteiger partial charge is 0.324 e. The van der Waals surface area contributed by atoms with E-state index in [2.05, 4.69) is 5.32 Å². The maximum atomic E-state index is 12.5. The molecule has 8 nitrogen and oxygen atoms in total. The predicted octanol–water partition coefficient (Wildman–Crippen LogP) is 0.693. The molecule has 1 aromatic rings. The second kappa shape index (κ2) is 6.63. The van der Waals surface area contributed by atoms with Gasteiger partial charge < -0.3 is 15.1 Å². The number of hydrogen-bond acceptors (Lipinski definition) is 6. The zero-order valence-corrected chi connectivity index (χ0v) is 13.4. The van der Waals surface area contributed by atoms with Crippen LogP contribution in [0.25, 0.3) is 0 Å². The third-order valence-corrected chi connectivity index (χ3v) is 5.14. The first-order chi connectivity index (χ1) is 11.1. The van der Waals surface area contributed by atoms with Crippen LogP contribution in [0.3, 0.4) is 0 Å². The number of rotatable bonds is 3. The average Bonchev–Trinajstić information content (AvgIpc) is 3.05.